The van der Waals surface area contributed by atoms with Crippen LogP contribution in [0, 0.1) is 0 Å². The Labute approximate surface area is 69.5 Å². The molecule has 11 heavy (non-hydrogen) atoms. The Morgan fingerprint density at radius 3 is 2.36 bits per heavy atom. The summed E-state index contributed by atoms with van der Waals surface area (Å²) in [5.41, 5.74) is 0. The van der Waals surface area contributed by atoms with Gasteiger partial charge in [0.1, 0.15) is 0 Å². The van der Waals surface area contributed by atoms with E-state index < -0.39 is 0 Å². The van der Waals surface area contributed by atoms with Crippen molar-refractivity contribution in [3.63, 3.8) is 0 Å². The molecule has 0 N–H and O–H groups in total. The van der Waals surface area contributed by atoms with Gasteiger partial charge in [0.25, 0.3) is 0 Å². The first-order valence-corrected chi connectivity index (χ1v) is 4.50. The molecule has 2 atom stereocenters. The Hall–Kier alpha value is -0.0800. The van der Waals surface area contributed by atoms with Crippen LogP contribution in [0.3, 0.4) is 0 Å². The third kappa shape index (κ3) is 3.73. The van der Waals surface area contributed by atoms with Gasteiger partial charge in [-0.15, -0.1) is 0 Å². The summed E-state index contributed by atoms with van der Waals surface area (Å²) < 4.78 is 5.31. The average molecular weight is 157 g/mol. The Bertz CT molecular complexity index is 114. The van der Waals surface area contributed by atoms with Crippen molar-refractivity contribution in [2.24, 2.45) is 0 Å². The lowest BCUT2D eigenvalue weighted by molar-refractivity contribution is 0.352. The number of rotatable bonds is 5. The summed E-state index contributed by atoms with van der Waals surface area (Å²) in [7, 11) is 4.24. The molecule has 1 rings (SSSR count). The van der Waals surface area contributed by atoms with Gasteiger partial charge in [-0.3, -0.25) is 0 Å². The SMILES string of the molecule is CC1OC1CCCCN(C)C. The fourth-order valence-corrected chi connectivity index (χ4v) is 1.31. The first-order valence-electron chi connectivity index (χ1n) is 4.50. The minimum absolute atomic E-state index is 0.550. The second kappa shape index (κ2) is 4.07. The van der Waals surface area contributed by atoms with Crippen LogP contribution in [0.5, 0.6) is 0 Å². The summed E-state index contributed by atoms with van der Waals surface area (Å²) in [6.07, 6.45) is 5.02. The molecule has 66 valence electrons. The van der Waals surface area contributed by atoms with E-state index in [1.807, 2.05) is 0 Å². The topological polar surface area (TPSA) is 15.8 Å². The number of hydrogen-bond acceptors (Lipinski definition) is 2. The van der Waals surface area contributed by atoms with E-state index in [0.717, 1.165) is 0 Å². The molecule has 1 fully saturated rings. The zero-order chi connectivity index (χ0) is 8.27. The molecule has 1 heterocycles. The first kappa shape index (κ1) is 9.01. The van der Waals surface area contributed by atoms with Gasteiger partial charge < -0.3 is 9.64 Å². The minimum atomic E-state index is 0.550. The van der Waals surface area contributed by atoms with Crippen molar-refractivity contribution in [3.05, 3.63) is 0 Å². The van der Waals surface area contributed by atoms with Crippen LogP contribution < -0.4 is 0 Å². The van der Waals surface area contributed by atoms with Crippen LogP contribution in [0.25, 0.3) is 0 Å². The molecule has 2 nitrogen and oxygen atoms in total. The Kier molecular flexibility index (Phi) is 3.34. The van der Waals surface area contributed by atoms with E-state index in [0.29, 0.717) is 12.2 Å². The summed E-state index contributed by atoms with van der Waals surface area (Å²) in [6, 6.07) is 0. The van der Waals surface area contributed by atoms with Crippen molar-refractivity contribution in [3.8, 4) is 0 Å². The Balaban J connectivity index is 1.81. The van der Waals surface area contributed by atoms with Crippen LogP contribution in [-0.2, 0) is 4.74 Å². The van der Waals surface area contributed by atoms with Crippen LogP contribution in [-0.4, -0.2) is 37.7 Å². The molecule has 1 aliphatic heterocycles. The van der Waals surface area contributed by atoms with E-state index in [-0.39, 0.29) is 0 Å². The third-order valence-electron chi connectivity index (χ3n) is 2.18. The van der Waals surface area contributed by atoms with E-state index in [4.69, 9.17) is 4.74 Å². The van der Waals surface area contributed by atoms with Crippen molar-refractivity contribution >= 4 is 0 Å². The smallest absolute Gasteiger partial charge is 0.0839 e. The monoisotopic (exact) mass is 157 g/mol. The maximum absolute atomic E-state index is 5.31. The first-order chi connectivity index (χ1) is 5.20. The molecule has 0 aromatic rings. The van der Waals surface area contributed by atoms with Gasteiger partial charge in [0.15, 0.2) is 0 Å². The lowest BCUT2D eigenvalue weighted by atomic mass is 10.1. The molecule has 0 spiro atoms. The van der Waals surface area contributed by atoms with E-state index >= 15 is 0 Å². The second-order valence-corrected chi connectivity index (χ2v) is 3.68. The molecule has 2 heteroatoms. The number of unbranched alkanes of at least 4 members (excludes halogenated alkanes) is 1. The molecule has 0 aromatic heterocycles. The minimum Gasteiger partial charge on any atom is -0.370 e. The molecule has 1 aliphatic rings. The highest BCUT2D eigenvalue weighted by atomic mass is 16.6. The molecular formula is C9H19NO. The molecule has 2 unspecified atom stereocenters. The van der Waals surface area contributed by atoms with Gasteiger partial charge in [0, 0.05) is 0 Å². The predicted molar refractivity (Wildman–Crippen MR) is 46.7 cm³/mol. The van der Waals surface area contributed by atoms with Crippen molar-refractivity contribution < 1.29 is 4.74 Å². The third-order valence-corrected chi connectivity index (χ3v) is 2.18. The number of hydrogen-bond donors (Lipinski definition) is 0. The quantitative estimate of drug-likeness (QED) is 0.444. The number of nitrogens with zero attached hydrogens (tertiary/aromatic N) is 1. The van der Waals surface area contributed by atoms with Gasteiger partial charge >= 0.3 is 0 Å². The normalized spacial score (nSPS) is 29.5. The van der Waals surface area contributed by atoms with E-state index in [1.54, 1.807) is 0 Å². The highest BCUT2D eigenvalue weighted by Crippen LogP contribution is 2.25. The molecule has 0 aromatic carbocycles. The zero-order valence-corrected chi connectivity index (χ0v) is 7.84. The zero-order valence-electron chi connectivity index (χ0n) is 7.84. The summed E-state index contributed by atoms with van der Waals surface area (Å²) in [4.78, 5) is 2.23. The molecule has 0 bridgehead atoms. The highest BCUT2D eigenvalue weighted by molar-refractivity contribution is 4.79. The number of ether oxygens (including phenoxy) is 1. The molecule has 0 aliphatic carbocycles. The summed E-state index contributed by atoms with van der Waals surface area (Å²) in [5.74, 6) is 0. The van der Waals surface area contributed by atoms with Crippen LogP contribution in [0.4, 0.5) is 0 Å². The summed E-state index contributed by atoms with van der Waals surface area (Å²) >= 11 is 0. The van der Waals surface area contributed by atoms with E-state index in [9.17, 15) is 0 Å². The van der Waals surface area contributed by atoms with E-state index in [2.05, 4.69) is 25.9 Å². The van der Waals surface area contributed by atoms with Gasteiger partial charge in [-0.2, -0.15) is 0 Å². The van der Waals surface area contributed by atoms with Crippen LogP contribution in [0.15, 0.2) is 0 Å². The predicted octanol–water partition coefficient (Wildman–Crippen LogP) is 1.51. The summed E-state index contributed by atoms with van der Waals surface area (Å²) in [5, 5.41) is 0. The van der Waals surface area contributed by atoms with Gasteiger partial charge in [0.05, 0.1) is 12.2 Å². The molecular weight excluding hydrogens is 138 g/mol. The van der Waals surface area contributed by atoms with Crippen molar-refractivity contribution in [2.45, 2.75) is 38.4 Å². The van der Waals surface area contributed by atoms with Crippen LogP contribution in [0.2, 0.25) is 0 Å². The average Bonchev–Trinajstić information content (AvgIpc) is 2.59. The Morgan fingerprint density at radius 1 is 1.27 bits per heavy atom. The van der Waals surface area contributed by atoms with Gasteiger partial charge in [-0.1, -0.05) is 0 Å². The maximum atomic E-state index is 5.31. The van der Waals surface area contributed by atoms with Crippen molar-refractivity contribution in [1.29, 1.82) is 0 Å². The standard InChI is InChI=1S/C9H19NO/c1-8-9(11-8)6-4-5-7-10(2)3/h8-9H,4-7H2,1-3H3. The fraction of sp³-hybridized carbons (Fsp3) is 1.00. The summed E-state index contributed by atoms with van der Waals surface area (Å²) in [6.45, 7) is 3.36. The van der Waals surface area contributed by atoms with Gasteiger partial charge in [0.2, 0.25) is 0 Å². The Morgan fingerprint density at radius 2 is 1.91 bits per heavy atom. The molecule has 0 radical (unpaired) electrons. The lowest BCUT2D eigenvalue weighted by Crippen LogP contribution is -2.12. The maximum Gasteiger partial charge on any atom is 0.0839 e. The fourth-order valence-electron chi connectivity index (χ4n) is 1.31. The lowest BCUT2D eigenvalue weighted by Gasteiger charge is -2.07. The second-order valence-electron chi connectivity index (χ2n) is 3.68. The van der Waals surface area contributed by atoms with Gasteiger partial charge in [-0.05, 0) is 46.8 Å². The molecule has 1 saturated heterocycles. The van der Waals surface area contributed by atoms with Crippen LogP contribution >= 0.6 is 0 Å². The number of epoxide rings is 1. The van der Waals surface area contributed by atoms with Gasteiger partial charge in [-0.25, -0.2) is 0 Å². The largest absolute Gasteiger partial charge is 0.370 e. The highest BCUT2D eigenvalue weighted by Gasteiger charge is 2.32. The van der Waals surface area contributed by atoms with Crippen LogP contribution in [0.1, 0.15) is 26.2 Å². The molecule has 0 saturated carbocycles. The van der Waals surface area contributed by atoms with E-state index in [1.165, 1.54) is 25.8 Å². The van der Waals surface area contributed by atoms with Crippen molar-refractivity contribution in [1.82, 2.24) is 4.90 Å². The van der Waals surface area contributed by atoms with Crippen molar-refractivity contribution in [2.75, 3.05) is 20.6 Å². The molecule has 0 amide bonds.